The van der Waals surface area contributed by atoms with E-state index in [-0.39, 0.29) is 24.2 Å². The number of halogens is 7. The molecule has 1 aliphatic rings. The first-order chi connectivity index (χ1) is 22.1. The van der Waals surface area contributed by atoms with E-state index in [1.807, 2.05) is 4.90 Å². The van der Waals surface area contributed by atoms with Crippen LogP contribution in [0.5, 0.6) is 0 Å². The Hall–Kier alpha value is -3.79. The Kier molecular flexibility index (Phi) is 10.5. The number of likely N-dealkylation sites (N-methyl/N-ethyl adjacent to an activating group) is 1. The number of anilines is 2. The molecule has 8 nitrogen and oxygen atoms in total. The fourth-order valence-electron chi connectivity index (χ4n) is 5.63. The standard InChI is InChI=1S/C33H38F7N5O3/c1-19-10-23(34)6-7-25(19)26-14-28(43-24(17-46)16-45-8-9-48-18-31(45,4)41)42-15-27(26)44(5)29(47)30(2,3)20-11-21(32(35,36)37)13-22(12-20)33(38,39)40/h6-7,10-15,24,46H,8-9,16-18,41H2,1-5H3,(H,42,43)/t24-,31-/m0/s1. The van der Waals surface area contributed by atoms with Crippen molar-refractivity contribution in [1.29, 1.82) is 0 Å². The number of pyridine rings is 1. The summed E-state index contributed by atoms with van der Waals surface area (Å²) in [5.41, 5.74) is 1.61. The number of hydrogen-bond acceptors (Lipinski definition) is 7. The third-order valence-corrected chi connectivity index (χ3v) is 8.51. The van der Waals surface area contributed by atoms with Crippen LogP contribution in [0.15, 0.2) is 48.7 Å². The highest BCUT2D eigenvalue weighted by molar-refractivity contribution is 6.03. The highest BCUT2D eigenvalue weighted by atomic mass is 19.4. The van der Waals surface area contributed by atoms with Crippen LogP contribution in [-0.4, -0.2) is 72.6 Å². The maximum atomic E-state index is 14.1. The van der Waals surface area contributed by atoms with E-state index in [1.165, 1.54) is 45.3 Å². The van der Waals surface area contributed by atoms with E-state index in [4.69, 9.17) is 10.5 Å². The van der Waals surface area contributed by atoms with Crippen LogP contribution in [0.3, 0.4) is 0 Å². The van der Waals surface area contributed by atoms with Crippen molar-refractivity contribution in [2.45, 2.75) is 57.2 Å². The number of benzene rings is 2. The second-order valence-electron chi connectivity index (χ2n) is 12.7. The van der Waals surface area contributed by atoms with Gasteiger partial charge in [0.15, 0.2) is 0 Å². The van der Waals surface area contributed by atoms with Gasteiger partial charge in [0, 0.05) is 25.7 Å². The topological polar surface area (TPSA) is 104 Å². The highest BCUT2D eigenvalue weighted by Crippen LogP contribution is 2.41. The van der Waals surface area contributed by atoms with Gasteiger partial charge in [0.25, 0.3) is 0 Å². The molecule has 0 radical (unpaired) electrons. The third kappa shape index (κ3) is 8.08. The van der Waals surface area contributed by atoms with Crippen molar-refractivity contribution in [2.24, 2.45) is 5.73 Å². The normalized spacial score (nSPS) is 18.5. The molecule has 2 atom stereocenters. The summed E-state index contributed by atoms with van der Waals surface area (Å²) in [6, 6.07) is 6.07. The lowest BCUT2D eigenvalue weighted by atomic mass is 9.81. The van der Waals surface area contributed by atoms with Crippen molar-refractivity contribution in [3.63, 3.8) is 0 Å². The predicted octanol–water partition coefficient (Wildman–Crippen LogP) is 5.95. The van der Waals surface area contributed by atoms with E-state index in [0.717, 1.165) is 4.90 Å². The Morgan fingerprint density at radius 1 is 1.06 bits per heavy atom. The highest BCUT2D eigenvalue weighted by Gasteiger charge is 2.41. The molecule has 1 amide bonds. The maximum absolute atomic E-state index is 14.1. The van der Waals surface area contributed by atoms with Crippen LogP contribution in [0.2, 0.25) is 0 Å². The molecule has 1 aromatic heterocycles. The SMILES string of the molecule is Cc1cc(F)ccc1-c1cc(N[C@H](CO)CN2CCOC[C@@]2(C)N)ncc1N(C)C(=O)C(C)(C)c1cc(C(F)(F)F)cc(C(F)(F)F)c1. The number of nitrogens with zero attached hydrogens (tertiary/aromatic N) is 3. The molecule has 4 N–H and O–H groups in total. The largest absolute Gasteiger partial charge is 0.416 e. The van der Waals surface area contributed by atoms with Crippen molar-refractivity contribution in [3.05, 3.63) is 76.7 Å². The van der Waals surface area contributed by atoms with Crippen LogP contribution in [-0.2, 0) is 27.3 Å². The summed E-state index contributed by atoms with van der Waals surface area (Å²) in [5, 5.41) is 13.3. The van der Waals surface area contributed by atoms with Crippen LogP contribution >= 0.6 is 0 Å². The van der Waals surface area contributed by atoms with Gasteiger partial charge in [-0.1, -0.05) is 6.07 Å². The number of alkyl halides is 6. The van der Waals surface area contributed by atoms with Gasteiger partial charge in [-0.2, -0.15) is 26.3 Å². The molecule has 3 aromatic rings. The molecule has 0 unspecified atom stereocenters. The number of carbonyl (C=O) groups is 1. The van der Waals surface area contributed by atoms with Crippen molar-refractivity contribution in [2.75, 3.05) is 50.2 Å². The van der Waals surface area contributed by atoms with Crippen LogP contribution in [0, 0.1) is 12.7 Å². The number of aryl methyl sites for hydroxylation is 1. The summed E-state index contributed by atoms with van der Waals surface area (Å²) in [6.45, 7) is 7.21. The first-order valence-electron chi connectivity index (χ1n) is 15.0. The number of rotatable bonds is 9. The molecule has 4 rings (SSSR count). The van der Waals surface area contributed by atoms with E-state index < -0.39 is 57.9 Å². The molecule has 0 aliphatic carbocycles. The molecule has 1 saturated heterocycles. The maximum Gasteiger partial charge on any atom is 0.416 e. The van der Waals surface area contributed by atoms with Crippen molar-refractivity contribution >= 4 is 17.4 Å². The number of amides is 1. The lowest BCUT2D eigenvalue weighted by Gasteiger charge is -2.43. The zero-order chi connectivity index (χ0) is 35.8. The van der Waals surface area contributed by atoms with Gasteiger partial charge >= 0.3 is 12.4 Å². The van der Waals surface area contributed by atoms with E-state index in [9.17, 15) is 40.6 Å². The molecular formula is C33H38F7N5O3. The first kappa shape index (κ1) is 37.0. The average molecular weight is 686 g/mol. The van der Waals surface area contributed by atoms with E-state index in [0.29, 0.717) is 55.1 Å². The van der Waals surface area contributed by atoms with Crippen LogP contribution in [0.25, 0.3) is 11.1 Å². The molecule has 15 heteroatoms. The number of aromatic nitrogens is 1. The molecule has 262 valence electrons. The number of morpholine rings is 1. The van der Waals surface area contributed by atoms with Crippen LogP contribution in [0.1, 0.15) is 43.0 Å². The smallest absolute Gasteiger partial charge is 0.394 e. The summed E-state index contributed by atoms with van der Waals surface area (Å²) in [4.78, 5) is 21.5. The quantitative estimate of drug-likeness (QED) is 0.239. The molecule has 1 aliphatic heterocycles. The average Bonchev–Trinajstić information content (AvgIpc) is 2.99. The van der Waals surface area contributed by atoms with Gasteiger partial charge in [-0.3, -0.25) is 9.69 Å². The van der Waals surface area contributed by atoms with Gasteiger partial charge < -0.3 is 25.8 Å². The Balaban J connectivity index is 1.75. The number of hydrogen-bond donors (Lipinski definition) is 3. The Bertz CT molecular complexity index is 1610. The minimum absolute atomic E-state index is 0.00550. The molecule has 2 heterocycles. The molecule has 1 fully saturated rings. The zero-order valence-electron chi connectivity index (χ0n) is 27.1. The molecule has 2 aromatic carbocycles. The van der Waals surface area contributed by atoms with Gasteiger partial charge in [-0.15, -0.1) is 0 Å². The number of ether oxygens (including phenoxy) is 1. The van der Waals surface area contributed by atoms with Crippen molar-refractivity contribution < 1.29 is 45.4 Å². The number of nitrogens with two attached hydrogens (primary N) is 1. The summed E-state index contributed by atoms with van der Waals surface area (Å²) >= 11 is 0. The second-order valence-corrected chi connectivity index (χ2v) is 12.7. The van der Waals surface area contributed by atoms with Crippen LogP contribution < -0.4 is 16.0 Å². The summed E-state index contributed by atoms with van der Waals surface area (Å²) in [5.74, 6) is -1.07. The molecule has 0 bridgehead atoms. The van der Waals surface area contributed by atoms with E-state index in [1.54, 1.807) is 19.9 Å². The van der Waals surface area contributed by atoms with Crippen molar-refractivity contribution in [1.82, 2.24) is 9.88 Å². The summed E-state index contributed by atoms with van der Waals surface area (Å²) < 4.78 is 101. The lowest BCUT2D eigenvalue weighted by molar-refractivity contribution is -0.143. The Morgan fingerprint density at radius 2 is 1.67 bits per heavy atom. The number of aliphatic hydroxyl groups excluding tert-OH is 1. The lowest BCUT2D eigenvalue weighted by Crippen LogP contribution is -2.63. The number of nitrogens with one attached hydrogen (secondary N) is 1. The number of carbonyl (C=O) groups excluding carboxylic acids is 1. The Morgan fingerprint density at radius 3 is 2.21 bits per heavy atom. The van der Waals surface area contributed by atoms with Crippen molar-refractivity contribution in [3.8, 4) is 11.1 Å². The van der Waals surface area contributed by atoms with Gasteiger partial charge in [0.05, 0.1) is 60.0 Å². The molecular weight excluding hydrogens is 647 g/mol. The van der Waals surface area contributed by atoms with E-state index >= 15 is 0 Å². The minimum Gasteiger partial charge on any atom is -0.394 e. The van der Waals surface area contributed by atoms with Gasteiger partial charge in [0.1, 0.15) is 11.6 Å². The molecule has 0 spiro atoms. The summed E-state index contributed by atoms with van der Waals surface area (Å²) in [7, 11) is 1.33. The minimum atomic E-state index is -5.10. The zero-order valence-corrected chi connectivity index (χ0v) is 27.1. The fourth-order valence-corrected chi connectivity index (χ4v) is 5.63. The second kappa shape index (κ2) is 13.6. The molecule has 0 saturated carbocycles. The van der Waals surface area contributed by atoms with Gasteiger partial charge in [-0.25, -0.2) is 9.37 Å². The third-order valence-electron chi connectivity index (χ3n) is 8.51. The summed E-state index contributed by atoms with van der Waals surface area (Å²) in [6.07, 6.45) is -8.88. The molecule has 48 heavy (non-hydrogen) atoms. The predicted molar refractivity (Wildman–Crippen MR) is 167 cm³/mol. The van der Waals surface area contributed by atoms with E-state index in [2.05, 4.69) is 10.3 Å². The van der Waals surface area contributed by atoms with Crippen LogP contribution in [0.4, 0.5) is 42.2 Å². The van der Waals surface area contributed by atoms with Gasteiger partial charge in [0.2, 0.25) is 5.91 Å². The Labute approximate surface area is 273 Å². The van der Waals surface area contributed by atoms with Gasteiger partial charge in [-0.05, 0) is 80.8 Å². The number of aliphatic hydroxyl groups is 1. The fraction of sp³-hybridized carbons (Fsp3) is 0.455. The monoisotopic (exact) mass is 685 g/mol. The first-order valence-corrected chi connectivity index (χ1v) is 15.0.